The highest BCUT2D eigenvalue weighted by molar-refractivity contribution is 6.22. The molecule has 9 nitrogen and oxygen atoms in total. The number of carboxylic acid groups (broad SMARTS) is 1. The number of hydrogen-bond acceptors (Lipinski definition) is 6. The predicted molar refractivity (Wildman–Crippen MR) is 148 cm³/mol. The summed E-state index contributed by atoms with van der Waals surface area (Å²) in [5.41, 5.74) is 3.73. The van der Waals surface area contributed by atoms with Crippen LogP contribution in [0.1, 0.15) is 21.5 Å². The van der Waals surface area contributed by atoms with E-state index < -0.39 is 5.97 Å². The smallest absolute Gasteiger partial charge is 0.335 e. The van der Waals surface area contributed by atoms with Crippen molar-refractivity contribution >= 4 is 39.9 Å². The second kappa shape index (κ2) is 10.9. The van der Waals surface area contributed by atoms with Crippen molar-refractivity contribution in [2.75, 3.05) is 45.1 Å². The minimum Gasteiger partial charge on any atom is -0.494 e. The summed E-state index contributed by atoms with van der Waals surface area (Å²) in [5.74, 6) is -1.20. The van der Waals surface area contributed by atoms with Gasteiger partial charge in [0.05, 0.1) is 29.1 Å². The van der Waals surface area contributed by atoms with Crippen LogP contribution in [0.4, 0.5) is 11.4 Å². The molecule has 194 valence electrons. The van der Waals surface area contributed by atoms with Gasteiger partial charge in [0.1, 0.15) is 0 Å². The number of nitrogens with one attached hydrogen (secondary N) is 2. The number of benzene rings is 3. The quantitative estimate of drug-likeness (QED) is 0.279. The van der Waals surface area contributed by atoms with Crippen LogP contribution >= 0.6 is 0 Å². The molecule has 4 aromatic rings. The molecule has 1 amide bonds. The highest BCUT2D eigenvalue weighted by atomic mass is 16.4. The van der Waals surface area contributed by atoms with E-state index in [2.05, 4.69) is 27.1 Å². The Morgan fingerprint density at radius 1 is 0.947 bits per heavy atom. The second-order valence-corrected chi connectivity index (χ2v) is 9.42. The number of piperazine rings is 1. The number of rotatable bonds is 7. The monoisotopic (exact) mass is 511 g/mol. The fourth-order valence-corrected chi connectivity index (χ4v) is 4.57. The van der Waals surface area contributed by atoms with E-state index in [4.69, 9.17) is 4.99 Å². The first-order chi connectivity index (χ1) is 18.4. The van der Waals surface area contributed by atoms with Crippen LogP contribution in [0, 0.1) is 0 Å². The topological polar surface area (TPSA) is 121 Å². The highest BCUT2D eigenvalue weighted by Crippen LogP contribution is 2.32. The molecule has 0 spiro atoms. The maximum absolute atomic E-state index is 12.5. The number of aromatic nitrogens is 1. The zero-order chi connectivity index (χ0) is 26.6. The molecule has 5 rings (SSSR count). The predicted octanol–water partition coefficient (Wildman–Crippen LogP) is 3.93. The molecule has 0 unspecified atom stereocenters. The molecule has 1 fully saturated rings. The third kappa shape index (κ3) is 5.59. The van der Waals surface area contributed by atoms with Gasteiger partial charge >= 0.3 is 5.97 Å². The number of anilines is 1. The van der Waals surface area contributed by atoms with Crippen molar-refractivity contribution in [1.82, 2.24) is 14.8 Å². The SMILES string of the molecule is CN1CCN(CC(=O)Nc2ccc(N=C(c3ccccc3)c3c(O)[nH]c4cc(C(=O)O)ccc34)cc2)CC1. The molecule has 1 aromatic heterocycles. The maximum atomic E-state index is 12.5. The number of aromatic carboxylic acids is 1. The van der Waals surface area contributed by atoms with Crippen molar-refractivity contribution in [2.45, 2.75) is 0 Å². The lowest BCUT2D eigenvalue weighted by atomic mass is 10.00. The Hall–Kier alpha value is -4.47. The summed E-state index contributed by atoms with van der Waals surface area (Å²) in [6.45, 7) is 4.01. The number of likely N-dealkylation sites (N-methyl/N-ethyl adjacent to an activating group) is 1. The van der Waals surface area contributed by atoms with Gasteiger partial charge < -0.3 is 25.4 Å². The number of hydrogen-bond donors (Lipinski definition) is 4. The summed E-state index contributed by atoms with van der Waals surface area (Å²) in [6, 6.07) is 21.4. The summed E-state index contributed by atoms with van der Waals surface area (Å²) >= 11 is 0. The van der Waals surface area contributed by atoms with E-state index in [0.717, 1.165) is 31.7 Å². The Bertz CT molecular complexity index is 1490. The van der Waals surface area contributed by atoms with E-state index in [1.807, 2.05) is 42.5 Å². The van der Waals surface area contributed by atoms with Crippen LogP contribution in [0.3, 0.4) is 0 Å². The lowest BCUT2D eigenvalue weighted by Crippen LogP contribution is -2.47. The number of aromatic hydroxyl groups is 1. The molecule has 1 aliphatic rings. The summed E-state index contributed by atoms with van der Waals surface area (Å²) in [6.07, 6.45) is 0. The van der Waals surface area contributed by atoms with Crippen molar-refractivity contribution in [2.24, 2.45) is 4.99 Å². The van der Waals surface area contributed by atoms with Crippen LogP contribution in [0.15, 0.2) is 77.8 Å². The van der Waals surface area contributed by atoms with Gasteiger partial charge in [-0.05, 0) is 43.4 Å². The lowest BCUT2D eigenvalue weighted by Gasteiger charge is -2.31. The molecule has 2 heterocycles. The van der Waals surface area contributed by atoms with Crippen LogP contribution in [-0.2, 0) is 4.79 Å². The third-order valence-corrected chi connectivity index (χ3v) is 6.66. The second-order valence-electron chi connectivity index (χ2n) is 9.42. The minimum atomic E-state index is -1.05. The number of carbonyl (C=O) groups is 2. The molecule has 4 N–H and O–H groups in total. The zero-order valence-electron chi connectivity index (χ0n) is 21.0. The molecule has 0 saturated carbocycles. The fourth-order valence-electron chi connectivity index (χ4n) is 4.57. The standard InChI is InChI=1S/C29H29N5O4/c1-33-13-15-34(16-14-33)18-25(35)30-21-8-10-22(11-9-21)31-27(19-5-3-2-4-6-19)26-23-12-7-20(29(37)38)17-24(23)32-28(26)36/h2-12,17,32,36H,13-16,18H2,1H3,(H,30,35)(H,37,38). The number of carbonyl (C=O) groups excluding carboxylic acids is 1. The van der Waals surface area contributed by atoms with E-state index in [-0.39, 0.29) is 17.4 Å². The van der Waals surface area contributed by atoms with Crippen LogP contribution in [0.25, 0.3) is 10.9 Å². The Balaban J connectivity index is 1.42. The molecule has 0 radical (unpaired) electrons. The molecule has 38 heavy (non-hydrogen) atoms. The highest BCUT2D eigenvalue weighted by Gasteiger charge is 2.20. The van der Waals surface area contributed by atoms with Crippen LogP contribution in [0.5, 0.6) is 5.88 Å². The van der Waals surface area contributed by atoms with E-state index in [1.54, 1.807) is 18.2 Å². The fraction of sp³-hybridized carbons (Fsp3) is 0.207. The molecule has 1 aliphatic heterocycles. The van der Waals surface area contributed by atoms with Crippen LogP contribution < -0.4 is 5.32 Å². The van der Waals surface area contributed by atoms with E-state index >= 15 is 0 Å². The molecule has 0 aliphatic carbocycles. The number of aliphatic imine (C=N–C) groups is 1. The van der Waals surface area contributed by atoms with Crippen molar-refractivity contribution in [3.05, 3.63) is 89.5 Å². The maximum Gasteiger partial charge on any atom is 0.335 e. The Morgan fingerprint density at radius 3 is 2.34 bits per heavy atom. The van der Waals surface area contributed by atoms with Crippen LogP contribution in [-0.4, -0.2) is 82.4 Å². The third-order valence-electron chi connectivity index (χ3n) is 6.66. The number of carboxylic acids is 1. The first-order valence-electron chi connectivity index (χ1n) is 12.4. The molecule has 0 atom stereocenters. The lowest BCUT2D eigenvalue weighted by molar-refractivity contribution is -0.117. The Kier molecular flexibility index (Phi) is 7.21. The van der Waals surface area contributed by atoms with Crippen molar-refractivity contribution < 1.29 is 19.8 Å². The van der Waals surface area contributed by atoms with Gasteiger partial charge in [-0.2, -0.15) is 0 Å². The van der Waals surface area contributed by atoms with E-state index in [9.17, 15) is 19.8 Å². The van der Waals surface area contributed by atoms with Gasteiger partial charge in [-0.25, -0.2) is 9.79 Å². The average molecular weight is 512 g/mol. The van der Waals surface area contributed by atoms with Gasteiger partial charge in [0.2, 0.25) is 5.91 Å². The molecular weight excluding hydrogens is 482 g/mol. The summed E-state index contributed by atoms with van der Waals surface area (Å²) in [7, 11) is 2.08. The van der Waals surface area contributed by atoms with Gasteiger partial charge in [-0.15, -0.1) is 0 Å². The van der Waals surface area contributed by atoms with Crippen LogP contribution in [0.2, 0.25) is 0 Å². The minimum absolute atomic E-state index is 0.0553. The van der Waals surface area contributed by atoms with Crippen molar-refractivity contribution in [3.63, 3.8) is 0 Å². The van der Waals surface area contributed by atoms with E-state index in [1.165, 1.54) is 12.1 Å². The molecule has 9 heteroatoms. The van der Waals surface area contributed by atoms with Gasteiger partial charge in [0, 0.05) is 48.3 Å². The molecule has 1 saturated heterocycles. The first-order valence-corrected chi connectivity index (χ1v) is 12.4. The molecule has 0 bridgehead atoms. The van der Waals surface area contributed by atoms with Gasteiger partial charge in [-0.3, -0.25) is 9.69 Å². The number of fused-ring (bicyclic) bond motifs is 1. The van der Waals surface area contributed by atoms with Gasteiger partial charge in [0.15, 0.2) is 5.88 Å². The summed E-state index contributed by atoms with van der Waals surface area (Å²) < 4.78 is 0. The molecule has 3 aromatic carbocycles. The normalized spacial score (nSPS) is 15.0. The largest absolute Gasteiger partial charge is 0.494 e. The van der Waals surface area contributed by atoms with Crippen molar-refractivity contribution in [3.8, 4) is 5.88 Å². The van der Waals surface area contributed by atoms with Crippen molar-refractivity contribution in [1.29, 1.82) is 0 Å². The number of nitrogens with zero attached hydrogens (tertiary/aromatic N) is 3. The molecular formula is C29H29N5O4. The number of aromatic amines is 1. The summed E-state index contributed by atoms with van der Waals surface area (Å²) in [4.78, 5) is 36.1. The zero-order valence-corrected chi connectivity index (χ0v) is 21.0. The average Bonchev–Trinajstić information content (AvgIpc) is 3.24. The Labute approximate surface area is 220 Å². The number of H-pyrrole nitrogens is 1. The first kappa shape index (κ1) is 25.2. The Morgan fingerprint density at radius 2 is 1.66 bits per heavy atom. The number of amides is 1. The van der Waals surface area contributed by atoms with Gasteiger partial charge in [0.25, 0.3) is 0 Å². The van der Waals surface area contributed by atoms with Gasteiger partial charge in [-0.1, -0.05) is 36.4 Å². The van der Waals surface area contributed by atoms with E-state index in [0.29, 0.717) is 40.1 Å². The summed E-state index contributed by atoms with van der Waals surface area (Å²) in [5, 5.41) is 23.8.